The third-order valence-electron chi connectivity index (χ3n) is 4.10. The fourth-order valence-electron chi connectivity index (χ4n) is 2.92. The number of methoxy groups -OCH3 is 1. The van der Waals surface area contributed by atoms with Crippen molar-refractivity contribution in [1.82, 2.24) is 10.3 Å². The normalized spacial score (nSPS) is 18.0. The van der Waals surface area contributed by atoms with E-state index >= 15 is 0 Å². The number of halogens is 1. The summed E-state index contributed by atoms with van der Waals surface area (Å²) in [6.07, 6.45) is 1.96. The quantitative estimate of drug-likeness (QED) is 0.879. The van der Waals surface area contributed by atoms with Gasteiger partial charge in [-0.3, -0.25) is 9.59 Å². The number of H-pyrrole nitrogens is 1. The van der Waals surface area contributed by atoms with E-state index in [1.165, 1.54) is 12.3 Å². The van der Waals surface area contributed by atoms with Gasteiger partial charge in [0.25, 0.3) is 11.5 Å². The van der Waals surface area contributed by atoms with Gasteiger partial charge in [-0.05, 0) is 32.0 Å². The zero-order chi connectivity index (χ0) is 18.2. The minimum Gasteiger partial charge on any atom is -0.497 e. The molecule has 0 radical (unpaired) electrons. The molecule has 0 spiro atoms. The van der Waals surface area contributed by atoms with Crippen molar-refractivity contribution in [2.24, 2.45) is 0 Å². The van der Waals surface area contributed by atoms with Crippen LogP contribution in [0, 0.1) is 0 Å². The Hall–Kier alpha value is -2.47. The molecule has 0 fully saturated rings. The third-order valence-corrected chi connectivity index (χ3v) is 4.38. The van der Waals surface area contributed by atoms with E-state index in [2.05, 4.69) is 10.3 Å². The molecule has 1 aliphatic rings. The zero-order valence-electron chi connectivity index (χ0n) is 14.2. The van der Waals surface area contributed by atoms with Gasteiger partial charge in [0, 0.05) is 24.2 Å². The molecule has 132 valence electrons. The van der Waals surface area contributed by atoms with Crippen molar-refractivity contribution in [3.63, 3.8) is 0 Å². The minimum atomic E-state index is -0.444. The van der Waals surface area contributed by atoms with Gasteiger partial charge in [0.05, 0.1) is 18.7 Å². The molecule has 2 heterocycles. The third kappa shape index (κ3) is 3.64. The molecule has 2 N–H and O–H groups in total. The Balaban J connectivity index is 1.90. The smallest absolute Gasteiger partial charge is 0.266 e. The highest BCUT2D eigenvalue weighted by atomic mass is 35.5. The van der Waals surface area contributed by atoms with Crippen LogP contribution < -0.4 is 20.3 Å². The summed E-state index contributed by atoms with van der Waals surface area (Å²) in [4.78, 5) is 26.4. The van der Waals surface area contributed by atoms with Crippen LogP contribution in [0.4, 0.5) is 0 Å². The fourth-order valence-corrected chi connectivity index (χ4v) is 3.09. The van der Waals surface area contributed by atoms with Crippen LogP contribution in [0.5, 0.6) is 11.5 Å². The molecule has 0 saturated heterocycles. The molecule has 1 atom stereocenters. The number of carbonyl (C=O) groups is 1. The largest absolute Gasteiger partial charge is 0.497 e. The molecule has 2 aromatic rings. The lowest BCUT2D eigenvalue weighted by atomic mass is 9.89. The standard InChI is InChI=1S/C18H19ClN2O4/c1-18(2)8-14(12-5-4-11(24-3)7-15(12)25-18)21-16(22)10-6-13(19)17(23)20-9-10/h4-7,9,14H,8H2,1-3H3,(H,20,23)(H,21,22). The summed E-state index contributed by atoms with van der Waals surface area (Å²) in [5.41, 5.74) is 0.302. The maximum absolute atomic E-state index is 12.6. The van der Waals surface area contributed by atoms with Crippen molar-refractivity contribution in [3.05, 3.63) is 57.0 Å². The lowest BCUT2D eigenvalue weighted by Gasteiger charge is -2.38. The van der Waals surface area contributed by atoms with Crippen molar-refractivity contribution >= 4 is 17.5 Å². The molecular formula is C18H19ClN2O4. The summed E-state index contributed by atoms with van der Waals surface area (Å²) in [6.45, 7) is 3.93. The van der Waals surface area contributed by atoms with Gasteiger partial charge in [0.2, 0.25) is 0 Å². The number of hydrogen-bond donors (Lipinski definition) is 2. The average molecular weight is 363 g/mol. The Bertz CT molecular complexity index is 876. The number of amides is 1. The summed E-state index contributed by atoms with van der Waals surface area (Å²) < 4.78 is 11.3. The maximum Gasteiger partial charge on any atom is 0.266 e. The molecule has 6 nitrogen and oxygen atoms in total. The first-order chi connectivity index (χ1) is 11.8. The SMILES string of the molecule is COc1ccc2c(c1)OC(C)(C)CC2NC(=O)c1c[nH]c(=O)c(Cl)c1. The lowest BCUT2D eigenvalue weighted by Crippen LogP contribution is -2.41. The minimum absolute atomic E-state index is 0.0231. The highest BCUT2D eigenvalue weighted by Gasteiger charge is 2.35. The number of benzene rings is 1. The predicted molar refractivity (Wildman–Crippen MR) is 94.6 cm³/mol. The highest BCUT2D eigenvalue weighted by Crippen LogP contribution is 2.41. The molecular weight excluding hydrogens is 344 g/mol. The van der Waals surface area contributed by atoms with Crippen LogP contribution in [0.25, 0.3) is 0 Å². The van der Waals surface area contributed by atoms with Gasteiger partial charge < -0.3 is 19.8 Å². The van der Waals surface area contributed by atoms with Gasteiger partial charge in [-0.2, -0.15) is 0 Å². The number of nitrogens with one attached hydrogen (secondary N) is 2. The molecule has 0 saturated carbocycles. The first-order valence-electron chi connectivity index (χ1n) is 7.85. The molecule has 1 unspecified atom stereocenters. The Morgan fingerprint density at radius 3 is 2.84 bits per heavy atom. The van der Waals surface area contributed by atoms with E-state index in [1.54, 1.807) is 7.11 Å². The number of hydrogen-bond acceptors (Lipinski definition) is 4. The van der Waals surface area contributed by atoms with Crippen molar-refractivity contribution in [2.45, 2.75) is 31.9 Å². The van der Waals surface area contributed by atoms with Gasteiger partial charge in [0.1, 0.15) is 22.1 Å². The zero-order valence-corrected chi connectivity index (χ0v) is 14.9. The van der Waals surface area contributed by atoms with E-state index in [0.717, 1.165) is 5.56 Å². The fraction of sp³-hybridized carbons (Fsp3) is 0.333. The number of ether oxygens (including phenoxy) is 2. The second-order valence-electron chi connectivity index (χ2n) is 6.56. The first-order valence-corrected chi connectivity index (χ1v) is 8.23. The Kier molecular flexibility index (Phi) is 4.47. The van der Waals surface area contributed by atoms with Crippen molar-refractivity contribution < 1.29 is 14.3 Å². The average Bonchev–Trinajstić information content (AvgIpc) is 2.55. The van der Waals surface area contributed by atoms with E-state index < -0.39 is 11.2 Å². The van der Waals surface area contributed by atoms with E-state index in [-0.39, 0.29) is 17.0 Å². The predicted octanol–water partition coefficient (Wildman–Crippen LogP) is 3.07. The van der Waals surface area contributed by atoms with E-state index in [1.807, 2.05) is 32.0 Å². The lowest BCUT2D eigenvalue weighted by molar-refractivity contribution is 0.0617. The number of rotatable bonds is 3. The number of aromatic nitrogens is 1. The maximum atomic E-state index is 12.6. The molecule has 0 bridgehead atoms. The summed E-state index contributed by atoms with van der Waals surface area (Å²) in [5.74, 6) is 1.05. The number of carbonyl (C=O) groups excluding carboxylic acids is 1. The Morgan fingerprint density at radius 1 is 1.40 bits per heavy atom. The van der Waals surface area contributed by atoms with Crippen molar-refractivity contribution in [3.8, 4) is 11.5 Å². The van der Waals surface area contributed by atoms with Gasteiger partial charge in [-0.1, -0.05) is 11.6 Å². The van der Waals surface area contributed by atoms with E-state index in [0.29, 0.717) is 23.5 Å². The van der Waals surface area contributed by atoms with Crippen LogP contribution >= 0.6 is 11.6 Å². The summed E-state index contributed by atoms with van der Waals surface area (Å²) in [7, 11) is 1.59. The molecule has 1 aromatic heterocycles. The Morgan fingerprint density at radius 2 is 2.16 bits per heavy atom. The van der Waals surface area contributed by atoms with Crippen LogP contribution in [-0.4, -0.2) is 23.6 Å². The van der Waals surface area contributed by atoms with Gasteiger partial charge in [0.15, 0.2) is 0 Å². The molecule has 1 amide bonds. The number of aromatic amines is 1. The van der Waals surface area contributed by atoms with Crippen molar-refractivity contribution in [1.29, 1.82) is 0 Å². The summed E-state index contributed by atoms with van der Waals surface area (Å²) >= 11 is 5.80. The van der Waals surface area contributed by atoms with Gasteiger partial charge in [-0.25, -0.2) is 0 Å². The second-order valence-corrected chi connectivity index (χ2v) is 6.97. The van der Waals surface area contributed by atoms with Crippen LogP contribution in [0.15, 0.2) is 35.3 Å². The number of pyridine rings is 1. The monoisotopic (exact) mass is 362 g/mol. The highest BCUT2D eigenvalue weighted by molar-refractivity contribution is 6.30. The summed E-state index contributed by atoms with van der Waals surface area (Å²) in [5, 5.41) is 2.97. The van der Waals surface area contributed by atoms with Crippen LogP contribution in [0.3, 0.4) is 0 Å². The van der Waals surface area contributed by atoms with E-state index in [9.17, 15) is 9.59 Å². The van der Waals surface area contributed by atoms with Crippen LogP contribution in [0.1, 0.15) is 42.2 Å². The second kappa shape index (κ2) is 6.44. The van der Waals surface area contributed by atoms with E-state index in [4.69, 9.17) is 21.1 Å². The molecule has 7 heteroatoms. The van der Waals surface area contributed by atoms with Crippen LogP contribution in [-0.2, 0) is 0 Å². The van der Waals surface area contributed by atoms with Gasteiger partial charge >= 0.3 is 0 Å². The molecule has 1 aliphatic heterocycles. The summed E-state index contributed by atoms with van der Waals surface area (Å²) in [6, 6.07) is 6.65. The van der Waals surface area contributed by atoms with Gasteiger partial charge in [-0.15, -0.1) is 0 Å². The topological polar surface area (TPSA) is 80.4 Å². The molecule has 1 aromatic carbocycles. The van der Waals surface area contributed by atoms with Crippen molar-refractivity contribution in [2.75, 3.05) is 7.11 Å². The molecule has 25 heavy (non-hydrogen) atoms. The first kappa shape index (κ1) is 17.4. The number of fused-ring (bicyclic) bond motifs is 1. The van der Waals surface area contributed by atoms with Crippen LogP contribution in [0.2, 0.25) is 5.02 Å². The Labute approximate surface area is 150 Å². The molecule has 3 rings (SSSR count). The molecule has 0 aliphatic carbocycles.